The zero-order chi connectivity index (χ0) is 19.2. The summed E-state index contributed by atoms with van der Waals surface area (Å²) in [5.74, 6) is 0.00901. The average Bonchev–Trinajstić information content (AvgIpc) is 3.10. The van der Waals surface area contributed by atoms with Crippen LogP contribution in [0.1, 0.15) is 37.8 Å². The molecule has 2 aromatic rings. The number of oxime groups is 1. The van der Waals surface area contributed by atoms with Crippen LogP contribution in [0.3, 0.4) is 0 Å². The van der Waals surface area contributed by atoms with Gasteiger partial charge >= 0.3 is 0 Å². The molecule has 27 heavy (non-hydrogen) atoms. The Morgan fingerprint density at radius 1 is 1.22 bits per heavy atom. The van der Waals surface area contributed by atoms with E-state index < -0.39 is 0 Å². The molecule has 2 aromatic carbocycles. The minimum Gasteiger partial charge on any atom is -0.390 e. The van der Waals surface area contributed by atoms with Crippen molar-refractivity contribution in [3.05, 3.63) is 71.5 Å². The largest absolute Gasteiger partial charge is 0.390 e. The van der Waals surface area contributed by atoms with Crippen LogP contribution >= 0.6 is 0 Å². The van der Waals surface area contributed by atoms with Crippen molar-refractivity contribution in [1.29, 1.82) is 0 Å². The molecule has 0 radical (unpaired) electrons. The average molecular weight is 368 g/mol. The second-order valence-corrected chi connectivity index (χ2v) is 7.34. The lowest BCUT2D eigenvalue weighted by atomic mass is 10.0. The van der Waals surface area contributed by atoms with E-state index in [0.29, 0.717) is 25.9 Å². The molecule has 1 heterocycles. The van der Waals surface area contributed by atoms with Crippen LogP contribution in [-0.4, -0.2) is 29.2 Å². The van der Waals surface area contributed by atoms with Gasteiger partial charge in [-0.05, 0) is 29.2 Å². The second-order valence-electron chi connectivity index (χ2n) is 7.34. The number of amides is 1. The topological polar surface area (TPSA) is 41.9 Å². The Bertz CT molecular complexity index is 805. The number of halogens is 1. The molecule has 1 atom stereocenters. The van der Waals surface area contributed by atoms with Crippen molar-refractivity contribution in [3.8, 4) is 0 Å². The Balaban J connectivity index is 1.67. The normalized spacial score (nSPS) is 16.1. The smallest absolute Gasteiger partial charge is 0.223 e. The highest BCUT2D eigenvalue weighted by Crippen LogP contribution is 2.20. The molecule has 0 aliphatic carbocycles. The van der Waals surface area contributed by atoms with Crippen molar-refractivity contribution in [1.82, 2.24) is 4.90 Å². The van der Waals surface area contributed by atoms with Crippen molar-refractivity contribution in [2.75, 3.05) is 6.54 Å². The van der Waals surface area contributed by atoms with E-state index in [1.807, 2.05) is 50.2 Å². The molecule has 4 nitrogen and oxygen atoms in total. The SMILES string of the molecule is CC(C)CC(=O)N(Cc1cccc(F)c1)C[C@H]1CC(c2ccccc2)=NO1. The molecule has 1 amide bonds. The molecule has 0 saturated carbocycles. The van der Waals surface area contributed by atoms with E-state index in [0.717, 1.165) is 16.8 Å². The maximum absolute atomic E-state index is 13.5. The van der Waals surface area contributed by atoms with Gasteiger partial charge in [0.1, 0.15) is 5.82 Å². The fourth-order valence-corrected chi connectivity index (χ4v) is 3.16. The summed E-state index contributed by atoms with van der Waals surface area (Å²) >= 11 is 0. The molecule has 142 valence electrons. The zero-order valence-corrected chi connectivity index (χ0v) is 15.8. The molecule has 1 aliphatic rings. The summed E-state index contributed by atoms with van der Waals surface area (Å²) < 4.78 is 13.5. The number of rotatable bonds is 7. The van der Waals surface area contributed by atoms with Gasteiger partial charge in [-0.2, -0.15) is 0 Å². The van der Waals surface area contributed by atoms with Gasteiger partial charge in [0.15, 0.2) is 6.10 Å². The number of carbonyl (C=O) groups is 1. The Morgan fingerprint density at radius 3 is 2.70 bits per heavy atom. The number of benzene rings is 2. The van der Waals surface area contributed by atoms with Gasteiger partial charge in [0, 0.05) is 19.4 Å². The third-order valence-corrected chi connectivity index (χ3v) is 4.46. The summed E-state index contributed by atoms with van der Waals surface area (Å²) in [6, 6.07) is 16.3. The fraction of sp³-hybridized carbons (Fsp3) is 0.364. The molecule has 5 heteroatoms. The third-order valence-electron chi connectivity index (χ3n) is 4.46. The Morgan fingerprint density at radius 2 is 2.00 bits per heavy atom. The molecule has 0 aromatic heterocycles. The number of nitrogens with zero attached hydrogens (tertiary/aromatic N) is 2. The van der Waals surface area contributed by atoms with Crippen molar-refractivity contribution in [2.45, 2.75) is 39.3 Å². The minimum absolute atomic E-state index is 0.0472. The van der Waals surface area contributed by atoms with Gasteiger partial charge < -0.3 is 9.74 Å². The first-order chi connectivity index (χ1) is 13.0. The van der Waals surface area contributed by atoms with Gasteiger partial charge in [-0.3, -0.25) is 4.79 Å². The second kappa shape index (κ2) is 8.80. The summed E-state index contributed by atoms with van der Waals surface area (Å²) in [5, 5.41) is 4.20. The van der Waals surface area contributed by atoms with E-state index in [1.54, 1.807) is 11.0 Å². The minimum atomic E-state index is -0.296. The summed E-state index contributed by atoms with van der Waals surface area (Å²) in [6.07, 6.45) is 0.914. The van der Waals surface area contributed by atoms with Crippen LogP contribution in [-0.2, 0) is 16.2 Å². The van der Waals surface area contributed by atoms with Gasteiger partial charge in [0.2, 0.25) is 5.91 Å². The number of hydrogen-bond acceptors (Lipinski definition) is 3. The lowest BCUT2D eigenvalue weighted by Gasteiger charge is -2.26. The van der Waals surface area contributed by atoms with E-state index in [-0.39, 0.29) is 23.7 Å². The van der Waals surface area contributed by atoms with Gasteiger partial charge in [0.05, 0.1) is 12.3 Å². The molecular formula is C22H25FN2O2. The molecule has 0 N–H and O–H groups in total. The zero-order valence-electron chi connectivity index (χ0n) is 15.8. The highest BCUT2D eigenvalue weighted by atomic mass is 19.1. The highest BCUT2D eigenvalue weighted by molar-refractivity contribution is 6.01. The Labute approximate surface area is 159 Å². The van der Waals surface area contributed by atoms with Crippen molar-refractivity contribution in [3.63, 3.8) is 0 Å². The van der Waals surface area contributed by atoms with Crippen LogP contribution in [0.5, 0.6) is 0 Å². The first-order valence-electron chi connectivity index (χ1n) is 9.31. The number of carbonyl (C=O) groups excluding carboxylic acids is 1. The van der Waals surface area contributed by atoms with Gasteiger partial charge in [0.25, 0.3) is 0 Å². The third kappa shape index (κ3) is 5.39. The summed E-state index contributed by atoms with van der Waals surface area (Å²) in [7, 11) is 0. The van der Waals surface area contributed by atoms with E-state index in [9.17, 15) is 9.18 Å². The summed E-state index contributed by atoms with van der Waals surface area (Å²) in [6.45, 7) is 4.83. The van der Waals surface area contributed by atoms with Crippen LogP contribution in [0.25, 0.3) is 0 Å². The van der Waals surface area contributed by atoms with Gasteiger partial charge in [-0.15, -0.1) is 0 Å². The standard InChI is InChI=1S/C22H25FN2O2/c1-16(2)11-22(26)25(14-17-7-6-10-19(23)12-17)15-20-13-21(24-27-20)18-8-4-3-5-9-18/h3-10,12,16,20H,11,13-15H2,1-2H3/t20-/m1/s1. The molecule has 1 aliphatic heterocycles. The Hall–Kier alpha value is -2.69. The van der Waals surface area contributed by atoms with Crippen LogP contribution in [0, 0.1) is 11.7 Å². The lowest BCUT2D eigenvalue weighted by molar-refractivity contribution is -0.134. The van der Waals surface area contributed by atoms with Crippen molar-refractivity contribution >= 4 is 11.6 Å². The molecule has 3 rings (SSSR count). The predicted octanol–water partition coefficient (Wildman–Crippen LogP) is 4.39. The van der Waals surface area contributed by atoms with E-state index in [4.69, 9.17) is 4.84 Å². The van der Waals surface area contributed by atoms with Gasteiger partial charge in [-0.25, -0.2) is 4.39 Å². The summed E-state index contributed by atoms with van der Waals surface area (Å²) in [5.41, 5.74) is 2.70. The van der Waals surface area contributed by atoms with Crippen LogP contribution in [0.4, 0.5) is 4.39 Å². The van der Waals surface area contributed by atoms with E-state index in [2.05, 4.69) is 5.16 Å². The predicted molar refractivity (Wildman–Crippen MR) is 104 cm³/mol. The van der Waals surface area contributed by atoms with Crippen LogP contribution in [0.2, 0.25) is 0 Å². The van der Waals surface area contributed by atoms with Crippen LogP contribution < -0.4 is 0 Å². The van der Waals surface area contributed by atoms with E-state index in [1.165, 1.54) is 12.1 Å². The van der Waals surface area contributed by atoms with Crippen molar-refractivity contribution < 1.29 is 14.0 Å². The maximum atomic E-state index is 13.5. The molecule has 0 fully saturated rings. The molecule has 0 bridgehead atoms. The lowest BCUT2D eigenvalue weighted by Crippen LogP contribution is -2.37. The first-order valence-corrected chi connectivity index (χ1v) is 9.31. The number of hydrogen-bond donors (Lipinski definition) is 0. The quantitative estimate of drug-likeness (QED) is 0.727. The first kappa shape index (κ1) is 19.1. The fourth-order valence-electron chi connectivity index (χ4n) is 3.16. The van der Waals surface area contributed by atoms with E-state index >= 15 is 0 Å². The van der Waals surface area contributed by atoms with Crippen molar-refractivity contribution in [2.24, 2.45) is 11.1 Å². The molecule has 0 unspecified atom stereocenters. The highest BCUT2D eigenvalue weighted by Gasteiger charge is 2.27. The molecule has 0 saturated heterocycles. The maximum Gasteiger partial charge on any atom is 0.223 e. The van der Waals surface area contributed by atoms with Gasteiger partial charge in [-0.1, -0.05) is 61.5 Å². The monoisotopic (exact) mass is 368 g/mol. The Kier molecular flexibility index (Phi) is 6.22. The summed E-state index contributed by atoms with van der Waals surface area (Å²) in [4.78, 5) is 20.1. The molecular weight excluding hydrogens is 343 g/mol. The molecule has 0 spiro atoms. The van der Waals surface area contributed by atoms with Crippen LogP contribution in [0.15, 0.2) is 59.8 Å².